The van der Waals surface area contributed by atoms with Gasteiger partial charge in [0.15, 0.2) is 0 Å². The molecule has 0 N–H and O–H groups in total. The molecule has 1 aliphatic rings. The van der Waals surface area contributed by atoms with Crippen LogP contribution in [0.5, 0.6) is 0 Å². The lowest BCUT2D eigenvalue weighted by Crippen LogP contribution is -2.20. The van der Waals surface area contributed by atoms with E-state index in [0.29, 0.717) is 18.1 Å². The largest absolute Gasteiger partial charge is 0.462 e. The monoisotopic (exact) mass is 204 g/mol. The van der Waals surface area contributed by atoms with Crippen LogP contribution in [0.15, 0.2) is 24.3 Å². The van der Waals surface area contributed by atoms with Gasteiger partial charge in [0.1, 0.15) is 0 Å². The topological polar surface area (TPSA) is 26.3 Å². The van der Waals surface area contributed by atoms with Crippen molar-refractivity contribution in [2.45, 2.75) is 26.2 Å². The van der Waals surface area contributed by atoms with Crippen molar-refractivity contribution in [3.63, 3.8) is 0 Å². The van der Waals surface area contributed by atoms with E-state index in [9.17, 15) is 4.79 Å². The van der Waals surface area contributed by atoms with E-state index in [1.807, 2.05) is 31.2 Å². The second-order valence-corrected chi connectivity index (χ2v) is 4.26. The first-order valence-electron chi connectivity index (χ1n) is 5.49. The van der Waals surface area contributed by atoms with Gasteiger partial charge >= 0.3 is 5.97 Å². The minimum atomic E-state index is -0.193. The Bertz CT molecular complexity index is 336. The van der Waals surface area contributed by atoms with Gasteiger partial charge in [0, 0.05) is 0 Å². The standard InChI is InChI=1S/C13H16O2/c1-10-5-7-12(8-6-10)13(14)15-9-11-3-2-4-11/h5-8,11H,2-4,9H2,1H3. The fourth-order valence-corrected chi connectivity index (χ4v) is 1.63. The molecule has 2 nitrogen and oxygen atoms in total. The molecule has 0 aromatic heterocycles. The van der Waals surface area contributed by atoms with E-state index in [4.69, 9.17) is 4.74 Å². The van der Waals surface area contributed by atoms with Crippen LogP contribution in [-0.4, -0.2) is 12.6 Å². The van der Waals surface area contributed by atoms with Gasteiger partial charge in [-0.05, 0) is 37.8 Å². The van der Waals surface area contributed by atoms with E-state index in [1.165, 1.54) is 19.3 Å². The highest BCUT2D eigenvalue weighted by molar-refractivity contribution is 5.89. The van der Waals surface area contributed by atoms with Crippen molar-refractivity contribution in [3.05, 3.63) is 35.4 Å². The predicted molar refractivity (Wildman–Crippen MR) is 58.8 cm³/mol. The minimum absolute atomic E-state index is 0.193. The van der Waals surface area contributed by atoms with Gasteiger partial charge in [0.25, 0.3) is 0 Å². The van der Waals surface area contributed by atoms with E-state index < -0.39 is 0 Å². The zero-order valence-electron chi connectivity index (χ0n) is 9.03. The summed E-state index contributed by atoms with van der Waals surface area (Å²) in [6.07, 6.45) is 3.70. The summed E-state index contributed by atoms with van der Waals surface area (Å²) < 4.78 is 5.23. The van der Waals surface area contributed by atoms with Crippen molar-refractivity contribution < 1.29 is 9.53 Å². The molecule has 0 aliphatic heterocycles. The van der Waals surface area contributed by atoms with Crippen molar-refractivity contribution in [1.29, 1.82) is 0 Å². The molecule has 0 spiro atoms. The molecule has 0 heterocycles. The predicted octanol–water partition coefficient (Wildman–Crippen LogP) is 2.95. The van der Waals surface area contributed by atoms with E-state index in [0.717, 1.165) is 5.56 Å². The molecule has 1 aliphatic carbocycles. The number of aryl methyl sites for hydroxylation is 1. The molecule has 0 radical (unpaired) electrons. The Kier molecular flexibility index (Phi) is 3.05. The number of hydrogen-bond acceptors (Lipinski definition) is 2. The smallest absolute Gasteiger partial charge is 0.338 e. The van der Waals surface area contributed by atoms with Gasteiger partial charge in [0.05, 0.1) is 12.2 Å². The summed E-state index contributed by atoms with van der Waals surface area (Å²) in [5.41, 5.74) is 1.81. The number of rotatable bonds is 3. The Morgan fingerprint density at radius 2 is 2.00 bits per heavy atom. The zero-order chi connectivity index (χ0) is 10.7. The Labute approximate surface area is 90.3 Å². The molecule has 1 aromatic carbocycles. The molecule has 0 amide bonds. The third-order valence-electron chi connectivity index (χ3n) is 2.96. The zero-order valence-corrected chi connectivity index (χ0v) is 9.03. The molecule has 1 aromatic rings. The second-order valence-electron chi connectivity index (χ2n) is 4.26. The summed E-state index contributed by atoms with van der Waals surface area (Å²) in [6, 6.07) is 7.50. The molecule has 80 valence electrons. The van der Waals surface area contributed by atoms with Crippen molar-refractivity contribution in [2.24, 2.45) is 5.92 Å². The third kappa shape index (κ3) is 2.58. The fraction of sp³-hybridized carbons (Fsp3) is 0.462. The van der Waals surface area contributed by atoms with Crippen LogP contribution >= 0.6 is 0 Å². The molecular weight excluding hydrogens is 188 g/mol. The molecule has 0 saturated heterocycles. The number of benzene rings is 1. The van der Waals surface area contributed by atoms with E-state index in [-0.39, 0.29) is 5.97 Å². The molecule has 1 fully saturated rings. The average Bonchev–Trinajstić information content (AvgIpc) is 2.16. The highest BCUT2D eigenvalue weighted by Crippen LogP contribution is 2.26. The van der Waals surface area contributed by atoms with Gasteiger partial charge in [-0.15, -0.1) is 0 Å². The Hall–Kier alpha value is -1.31. The van der Waals surface area contributed by atoms with E-state index >= 15 is 0 Å². The van der Waals surface area contributed by atoms with Crippen molar-refractivity contribution in [2.75, 3.05) is 6.61 Å². The van der Waals surface area contributed by atoms with Crippen LogP contribution in [0.3, 0.4) is 0 Å². The minimum Gasteiger partial charge on any atom is -0.462 e. The van der Waals surface area contributed by atoms with Gasteiger partial charge < -0.3 is 4.74 Å². The lowest BCUT2D eigenvalue weighted by molar-refractivity contribution is 0.0371. The third-order valence-corrected chi connectivity index (χ3v) is 2.96. The molecule has 0 bridgehead atoms. The number of esters is 1. The van der Waals surface area contributed by atoms with Crippen LogP contribution in [0.2, 0.25) is 0 Å². The summed E-state index contributed by atoms with van der Waals surface area (Å²) >= 11 is 0. The first kappa shape index (κ1) is 10.2. The summed E-state index contributed by atoms with van der Waals surface area (Å²) in [5, 5.41) is 0. The lowest BCUT2D eigenvalue weighted by atomic mass is 9.86. The van der Waals surface area contributed by atoms with Gasteiger partial charge in [-0.1, -0.05) is 24.1 Å². The van der Waals surface area contributed by atoms with Crippen LogP contribution in [-0.2, 0) is 4.74 Å². The Morgan fingerprint density at radius 3 is 2.53 bits per heavy atom. The number of ether oxygens (including phenoxy) is 1. The van der Waals surface area contributed by atoms with Crippen molar-refractivity contribution in [3.8, 4) is 0 Å². The summed E-state index contributed by atoms with van der Waals surface area (Å²) in [5.74, 6) is 0.418. The molecule has 0 unspecified atom stereocenters. The van der Waals surface area contributed by atoms with Gasteiger partial charge in [-0.25, -0.2) is 4.79 Å². The maximum atomic E-state index is 11.6. The van der Waals surface area contributed by atoms with Crippen LogP contribution in [0.25, 0.3) is 0 Å². The van der Waals surface area contributed by atoms with E-state index in [2.05, 4.69) is 0 Å². The van der Waals surface area contributed by atoms with Crippen molar-refractivity contribution >= 4 is 5.97 Å². The van der Waals surface area contributed by atoms with Gasteiger partial charge in [-0.3, -0.25) is 0 Å². The Balaban J connectivity index is 1.86. The fourth-order valence-electron chi connectivity index (χ4n) is 1.63. The number of carbonyl (C=O) groups excluding carboxylic acids is 1. The quantitative estimate of drug-likeness (QED) is 0.707. The molecule has 0 atom stereocenters. The van der Waals surface area contributed by atoms with Crippen molar-refractivity contribution in [1.82, 2.24) is 0 Å². The van der Waals surface area contributed by atoms with Gasteiger partial charge in [-0.2, -0.15) is 0 Å². The average molecular weight is 204 g/mol. The molecule has 15 heavy (non-hydrogen) atoms. The Morgan fingerprint density at radius 1 is 1.33 bits per heavy atom. The first-order chi connectivity index (χ1) is 7.25. The summed E-state index contributed by atoms with van der Waals surface area (Å²) in [7, 11) is 0. The summed E-state index contributed by atoms with van der Waals surface area (Å²) in [4.78, 5) is 11.6. The van der Waals surface area contributed by atoms with Crippen LogP contribution in [0, 0.1) is 12.8 Å². The lowest BCUT2D eigenvalue weighted by Gasteiger charge is -2.24. The second kappa shape index (κ2) is 4.47. The maximum Gasteiger partial charge on any atom is 0.338 e. The highest BCUT2D eigenvalue weighted by atomic mass is 16.5. The highest BCUT2D eigenvalue weighted by Gasteiger charge is 2.19. The first-order valence-corrected chi connectivity index (χ1v) is 5.49. The molecule has 1 saturated carbocycles. The SMILES string of the molecule is Cc1ccc(C(=O)OCC2CCC2)cc1. The molecular formula is C13H16O2. The normalized spacial score (nSPS) is 15.8. The van der Waals surface area contributed by atoms with Crippen LogP contribution in [0.4, 0.5) is 0 Å². The molecule has 2 heteroatoms. The maximum absolute atomic E-state index is 11.6. The van der Waals surface area contributed by atoms with Crippen LogP contribution < -0.4 is 0 Å². The van der Waals surface area contributed by atoms with Crippen LogP contribution in [0.1, 0.15) is 35.2 Å². The van der Waals surface area contributed by atoms with Gasteiger partial charge in [0.2, 0.25) is 0 Å². The number of carbonyl (C=O) groups is 1. The molecule has 2 rings (SSSR count). The number of hydrogen-bond donors (Lipinski definition) is 0. The summed E-state index contributed by atoms with van der Waals surface area (Å²) in [6.45, 7) is 2.59. The van der Waals surface area contributed by atoms with E-state index in [1.54, 1.807) is 0 Å².